The molecule has 2 aromatic rings. The number of nitrogens with zero attached hydrogens (tertiary/aromatic N) is 2. The van der Waals surface area contributed by atoms with Crippen molar-refractivity contribution in [2.75, 3.05) is 0 Å². The maximum Gasteiger partial charge on any atom is 0.142 e. The first-order valence-electron chi connectivity index (χ1n) is 5.44. The first-order chi connectivity index (χ1) is 8.70. The molecule has 0 spiro atoms. The predicted molar refractivity (Wildman–Crippen MR) is 69.5 cm³/mol. The molecule has 0 radical (unpaired) electrons. The Kier molecular flexibility index (Phi) is 3.81. The molecule has 1 aromatic carbocycles. The highest BCUT2D eigenvalue weighted by Crippen LogP contribution is 2.24. The van der Waals surface area contributed by atoms with E-state index in [1.807, 2.05) is 30.3 Å². The summed E-state index contributed by atoms with van der Waals surface area (Å²) in [7, 11) is 0. The average molecular weight is 259 g/mol. The smallest absolute Gasteiger partial charge is 0.142 e. The molecule has 0 atom stereocenters. The van der Waals surface area contributed by atoms with E-state index in [0.29, 0.717) is 28.8 Å². The fourth-order valence-electron chi connectivity index (χ4n) is 1.59. The van der Waals surface area contributed by atoms with E-state index in [9.17, 15) is 0 Å². The van der Waals surface area contributed by atoms with Crippen LogP contribution in [0.5, 0.6) is 5.75 Å². The van der Waals surface area contributed by atoms with E-state index < -0.39 is 0 Å². The molecule has 0 unspecified atom stereocenters. The van der Waals surface area contributed by atoms with Crippen LogP contribution in [0, 0.1) is 18.3 Å². The van der Waals surface area contributed by atoms with E-state index in [1.54, 1.807) is 13.0 Å². The van der Waals surface area contributed by atoms with Crippen LogP contribution < -0.4 is 4.74 Å². The summed E-state index contributed by atoms with van der Waals surface area (Å²) in [4.78, 5) is 4.02. The molecule has 4 heteroatoms. The van der Waals surface area contributed by atoms with Crippen molar-refractivity contribution in [1.29, 1.82) is 5.26 Å². The Balaban J connectivity index is 2.22. The Morgan fingerprint density at radius 1 is 1.33 bits per heavy atom. The summed E-state index contributed by atoms with van der Waals surface area (Å²) in [6, 6.07) is 13.4. The van der Waals surface area contributed by atoms with Crippen LogP contribution in [0.4, 0.5) is 0 Å². The zero-order valence-electron chi connectivity index (χ0n) is 9.85. The summed E-state index contributed by atoms with van der Waals surface area (Å²) in [5.74, 6) is 0.471. The second kappa shape index (κ2) is 5.52. The van der Waals surface area contributed by atoms with Crippen LogP contribution in [0.25, 0.3) is 0 Å². The average Bonchev–Trinajstić information content (AvgIpc) is 2.37. The molecule has 1 aromatic heterocycles. The van der Waals surface area contributed by atoms with Crippen molar-refractivity contribution in [2.45, 2.75) is 13.5 Å². The summed E-state index contributed by atoms with van der Waals surface area (Å²) in [6.45, 7) is 2.13. The number of hydrogen-bond acceptors (Lipinski definition) is 3. The van der Waals surface area contributed by atoms with Gasteiger partial charge in [0.15, 0.2) is 0 Å². The van der Waals surface area contributed by atoms with Gasteiger partial charge in [0.2, 0.25) is 0 Å². The van der Waals surface area contributed by atoms with Gasteiger partial charge in [0.05, 0.1) is 5.69 Å². The maximum atomic E-state index is 9.07. The zero-order valence-corrected chi connectivity index (χ0v) is 10.6. The van der Waals surface area contributed by atoms with Crippen molar-refractivity contribution >= 4 is 11.6 Å². The molecule has 1 heterocycles. The highest BCUT2D eigenvalue weighted by atomic mass is 35.5. The molecule has 0 aliphatic carbocycles. The number of halogens is 1. The van der Waals surface area contributed by atoms with E-state index in [2.05, 4.69) is 11.1 Å². The second-order valence-corrected chi connectivity index (χ2v) is 4.18. The first kappa shape index (κ1) is 12.4. The number of aryl methyl sites for hydroxylation is 1. The van der Waals surface area contributed by atoms with Gasteiger partial charge >= 0.3 is 0 Å². The minimum Gasteiger partial charge on any atom is -0.487 e. The first-order valence-corrected chi connectivity index (χ1v) is 5.82. The van der Waals surface area contributed by atoms with Gasteiger partial charge in [-0.15, -0.1) is 0 Å². The Hall–Kier alpha value is -2.05. The Bertz CT molecular complexity index is 591. The number of aromatic nitrogens is 1. The van der Waals surface area contributed by atoms with Gasteiger partial charge < -0.3 is 4.74 Å². The molecule has 18 heavy (non-hydrogen) atoms. The lowest BCUT2D eigenvalue weighted by Crippen LogP contribution is -2.00. The van der Waals surface area contributed by atoms with Crippen molar-refractivity contribution < 1.29 is 4.74 Å². The highest BCUT2D eigenvalue weighted by molar-refractivity contribution is 6.29. The lowest BCUT2D eigenvalue weighted by Gasteiger charge is -2.09. The van der Waals surface area contributed by atoms with Gasteiger partial charge in [0.25, 0.3) is 0 Å². The standard InChI is InChI=1S/C14H11ClN2O/c1-10-12(8-16)13(7-14(15)17-10)18-9-11-5-3-2-4-6-11/h2-7H,9H2,1H3. The van der Waals surface area contributed by atoms with Crippen molar-refractivity contribution in [3.8, 4) is 11.8 Å². The molecule has 90 valence electrons. The third kappa shape index (κ3) is 2.79. The van der Waals surface area contributed by atoms with Gasteiger partial charge in [-0.25, -0.2) is 4.98 Å². The van der Waals surface area contributed by atoms with Crippen LogP contribution >= 0.6 is 11.6 Å². The van der Waals surface area contributed by atoms with Crippen LogP contribution in [0.2, 0.25) is 5.15 Å². The third-order valence-electron chi connectivity index (χ3n) is 2.48. The van der Waals surface area contributed by atoms with Crippen molar-refractivity contribution in [1.82, 2.24) is 4.98 Å². The van der Waals surface area contributed by atoms with Crippen LogP contribution in [-0.4, -0.2) is 4.98 Å². The molecule has 3 nitrogen and oxygen atoms in total. The summed E-state index contributed by atoms with van der Waals surface area (Å²) in [5.41, 5.74) is 2.04. The van der Waals surface area contributed by atoms with Gasteiger partial charge in [0, 0.05) is 6.07 Å². The van der Waals surface area contributed by atoms with Crippen molar-refractivity contribution in [2.24, 2.45) is 0 Å². The van der Waals surface area contributed by atoms with Gasteiger partial charge in [-0.2, -0.15) is 5.26 Å². The topological polar surface area (TPSA) is 45.9 Å². The number of pyridine rings is 1. The van der Waals surface area contributed by atoms with Gasteiger partial charge in [-0.1, -0.05) is 41.9 Å². The molecule has 0 bridgehead atoms. The number of rotatable bonds is 3. The van der Waals surface area contributed by atoms with Crippen LogP contribution in [0.1, 0.15) is 16.8 Å². The lowest BCUT2D eigenvalue weighted by atomic mass is 10.2. The van der Waals surface area contributed by atoms with E-state index >= 15 is 0 Å². The molecule has 0 saturated carbocycles. The largest absolute Gasteiger partial charge is 0.487 e. The fourth-order valence-corrected chi connectivity index (χ4v) is 1.82. The third-order valence-corrected chi connectivity index (χ3v) is 2.68. The Morgan fingerprint density at radius 2 is 2.06 bits per heavy atom. The van der Waals surface area contributed by atoms with E-state index in [-0.39, 0.29) is 0 Å². The summed E-state index contributed by atoms with van der Waals surface area (Å²) in [6.07, 6.45) is 0. The molecule has 2 rings (SSSR count). The number of ether oxygens (including phenoxy) is 1. The summed E-state index contributed by atoms with van der Waals surface area (Å²) >= 11 is 5.86. The SMILES string of the molecule is Cc1nc(Cl)cc(OCc2ccccc2)c1C#N. The van der Waals surface area contributed by atoms with Crippen molar-refractivity contribution in [3.05, 3.63) is 58.4 Å². The number of nitriles is 1. The molecular weight excluding hydrogens is 248 g/mol. The quantitative estimate of drug-likeness (QED) is 0.792. The molecule has 0 saturated heterocycles. The molecular formula is C14H11ClN2O. The molecule has 0 aliphatic rings. The molecule has 0 N–H and O–H groups in total. The Labute approximate surface area is 111 Å². The monoisotopic (exact) mass is 258 g/mol. The van der Waals surface area contributed by atoms with Crippen molar-refractivity contribution in [3.63, 3.8) is 0 Å². The van der Waals surface area contributed by atoms with Crippen LogP contribution in [-0.2, 0) is 6.61 Å². The predicted octanol–water partition coefficient (Wildman–Crippen LogP) is 3.49. The van der Waals surface area contributed by atoms with E-state index in [4.69, 9.17) is 21.6 Å². The molecule has 0 fully saturated rings. The number of hydrogen-bond donors (Lipinski definition) is 0. The highest BCUT2D eigenvalue weighted by Gasteiger charge is 2.10. The lowest BCUT2D eigenvalue weighted by molar-refractivity contribution is 0.304. The molecule has 0 aliphatic heterocycles. The van der Waals surface area contributed by atoms with Gasteiger partial charge in [-0.3, -0.25) is 0 Å². The summed E-state index contributed by atoms with van der Waals surface area (Å²) < 4.78 is 5.63. The zero-order chi connectivity index (χ0) is 13.0. The van der Waals surface area contributed by atoms with E-state index in [0.717, 1.165) is 5.56 Å². The Morgan fingerprint density at radius 3 is 2.72 bits per heavy atom. The minimum atomic E-state index is 0.328. The van der Waals surface area contributed by atoms with Gasteiger partial charge in [0.1, 0.15) is 29.1 Å². The number of benzene rings is 1. The van der Waals surface area contributed by atoms with E-state index in [1.165, 1.54) is 0 Å². The fraction of sp³-hybridized carbons (Fsp3) is 0.143. The maximum absolute atomic E-state index is 9.07. The van der Waals surface area contributed by atoms with Crippen LogP contribution in [0.3, 0.4) is 0 Å². The second-order valence-electron chi connectivity index (χ2n) is 3.79. The molecule has 0 amide bonds. The minimum absolute atomic E-state index is 0.328. The summed E-state index contributed by atoms with van der Waals surface area (Å²) in [5, 5.41) is 9.40. The van der Waals surface area contributed by atoms with Crippen LogP contribution in [0.15, 0.2) is 36.4 Å². The normalized spacial score (nSPS) is 9.83. The van der Waals surface area contributed by atoms with Gasteiger partial charge in [-0.05, 0) is 12.5 Å².